The standard InChI is InChI=1S/C8H18N4/c1-7(4-5-12-11-3)6-8(9)10-2/h7,9,11-12H,2,4-6H2,1,3H3. The second kappa shape index (κ2) is 6.94. The van der Waals surface area contributed by atoms with Crippen molar-refractivity contribution in [3.05, 3.63) is 0 Å². The summed E-state index contributed by atoms with van der Waals surface area (Å²) >= 11 is 0. The lowest BCUT2D eigenvalue weighted by atomic mass is 10.0. The summed E-state index contributed by atoms with van der Waals surface area (Å²) in [6.07, 6.45) is 1.76. The summed E-state index contributed by atoms with van der Waals surface area (Å²) in [6.45, 7) is 6.33. The summed E-state index contributed by atoms with van der Waals surface area (Å²) in [4.78, 5) is 3.55. The Morgan fingerprint density at radius 1 is 1.67 bits per heavy atom. The molecule has 0 aromatic carbocycles. The van der Waals surface area contributed by atoms with Gasteiger partial charge in [-0.1, -0.05) is 6.92 Å². The van der Waals surface area contributed by atoms with E-state index in [9.17, 15) is 0 Å². The molecule has 0 aromatic rings. The van der Waals surface area contributed by atoms with Crippen molar-refractivity contribution in [2.24, 2.45) is 10.9 Å². The minimum absolute atomic E-state index is 0.381. The highest BCUT2D eigenvalue weighted by Crippen LogP contribution is 2.06. The number of hydrogen-bond donors (Lipinski definition) is 3. The lowest BCUT2D eigenvalue weighted by molar-refractivity contribution is 0.486. The molecular formula is C8H18N4. The maximum absolute atomic E-state index is 7.28. The van der Waals surface area contributed by atoms with Gasteiger partial charge in [0.2, 0.25) is 0 Å². The van der Waals surface area contributed by atoms with Crippen LogP contribution < -0.4 is 10.9 Å². The second-order valence-corrected chi connectivity index (χ2v) is 2.88. The lowest BCUT2D eigenvalue weighted by Crippen LogP contribution is -2.29. The van der Waals surface area contributed by atoms with E-state index in [1.165, 1.54) is 0 Å². The summed E-state index contributed by atoms with van der Waals surface area (Å²) in [6, 6.07) is 0. The first-order chi connectivity index (χ1) is 5.70. The SMILES string of the molecule is C=NC(=N)CC(C)CCNNC. The Morgan fingerprint density at radius 2 is 2.33 bits per heavy atom. The van der Waals surface area contributed by atoms with Crippen LogP contribution in [-0.4, -0.2) is 26.1 Å². The lowest BCUT2D eigenvalue weighted by Gasteiger charge is -2.09. The van der Waals surface area contributed by atoms with Crippen molar-refractivity contribution in [2.45, 2.75) is 19.8 Å². The van der Waals surface area contributed by atoms with E-state index in [4.69, 9.17) is 5.41 Å². The number of rotatable bonds is 6. The molecule has 0 aliphatic heterocycles. The molecule has 1 atom stereocenters. The number of amidine groups is 1. The van der Waals surface area contributed by atoms with Gasteiger partial charge in [0.15, 0.2) is 0 Å². The van der Waals surface area contributed by atoms with Crippen LogP contribution in [0.4, 0.5) is 0 Å². The molecule has 0 saturated carbocycles. The monoisotopic (exact) mass is 170 g/mol. The molecule has 0 aromatic heterocycles. The smallest absolute Gasteiger partial charge is 0.119 e. The second-order valence-electron chi connectivity index (χ2n) is 2.88. The van der Waals surface area contributed by atoms with Gasteiger partial charge < -0.3 is 0 Å². The van der Waals surface area contributed by atoms with E-state index >= 15 is 0 Å². The van der Waals surface area contributed by atoms with Crippen LogP contribution in [0.15, 0.2) is 4.99 Å². The molecule has 0 fully saturated rings. The molecule has 70 valence electrons. The van der Waals surface area contributed by atoms with E-state index < -0.39 is 0 Å². The number of hydrogen-bond acceptors (Lipinski definition) is 3. The van der Waals surface area contributed by atoms with E-state index in [-0.39, 0.29) is 0 Å². The third-order valence-electron chi connectivity index (χ3n) is 1.67. The largest absolute Gasteiger partial charge is 0.287 e. The van der Waals surface area contributed by atoms with Crippen LogP contribution in [0, 0.1) is 11.3 Å². The van der Waals surface area contributed by atoms with E-state index in [0.717, 1.165) is 19.4 Å². The average molecular weight is 170 g/mol. The van der Waals surface area contributed by atoms with Gasteiger partial charge in [-0.2, -0.15) is 0 Å². The van der Waals surface area contributed by atoms with Gasteiger partial charge in [-0.15, -0.1) is 0 Å². The molecule has 0 amide bonds. The van der Waals surface area contributed by atoms with Crippen LogP contribution in [-0.2, 0) is 0 Å². The summed E-state index contributed by atoms with van der Waals surface area (Å²) in [5.41, 5.74) is 5.85. The Morgan fingerprint density at radius 3 is 2.83 bits per heavy atom. The fourth-order valence-corrected chi connectivity index (χ4v) is 0.940. The highest BCUT2D eigenvalue weighted by Gasteiger charge is 2.03. The first-order valence-corrected chi connectivity index (χ1v) is 4.14. The van der Waals surface area contributed by atoms with Crippen LogP contribution in [0.1, 0.15) is 19.8 Å². The Balaban J connectivity index is 3.38. The fraction of sp³-hybridized carbons (Fsp3) is 0.750. The Bertz CT molecular complexity index is 144. The molecule has 4 nitrogen and oxygen atoms in total. The summed E-state index contributed by atoms with van der Waals surface area (Å²) in [7, 11) is 1.85. The molecule has 0 aliphatic carbocycles. The minimum Gasteiger partial charge on any atom is -0.287 e. The summed E-state index contributed by atoms with van der Waals surface area (Å²) in [5.74, 6) is 0.871. The van der Waals surface area contributed by atoms with E-state index in [0.29, 0.717) is 11.8 Å². The van der Waals surface area contributed by atoms with Gasteiger partial charge in [-0.05, 0) is 26.1 Å². The van der Waals surface area contributed by atoms with Crippen molar-refractivity contribution >= 4 is 12.6 Å². The Kier molecular flexibility index (Phi) is 6.51. The predicted molar refractivity (Wildman–Crippen MR) is 52.7 cm³/mol. The minimum atomic E-state index is 0.381. The number of aliphatic imine (C=N–C) groups is 1. The van der Waals surface area contributed by atoms with Gasteiger partial charge in [-0.3, -0.25) is 16.3 Å². The highest BCUT2D eigenvalue weighted by molar-refractivity contribution is 5.83. The predicted octanol–water partition coefficient (Wildman–Crippen LogP) is 0.805. The third kappa shape index (κ3) is 6.00. The molecule has 0 rings (SSSR count). The summed E-state index contributed by atoms with van der Waals surface area (Å²) < 4.78 is 0. The van der Waals surface area contributed by atoms with Gasteiger partial charge >= 0.3 is 0 Å². The third-order valence-corrected chi connectivity index (χ3v) is 1.67. The Labute approximate surface area is 73.9 Å². The normalized spacial score (nSPS) is 12.5. The summed E-state index contributed by atoms with van der Waals surface area (Å²) in [5, 5.41) is 7.28. The quantitative estimate of drug-likeness (QED) is 0.239. The number of hydrazine groups is 1. The molecule has 0 aliphatic rings. The van der Waals surface area contributed by atoms with Crippen LogP contribution >= 0.6 is 0 Å². The molecule has 0 radical (unpaired) electrons. The molecule has 12 heavy (non-hydrogen) atoms. The van der Waals surface area contributed by atoms with Crippen LogP contribution in [0.5, 0.6) is 0 Å². The number of nitrogens with one attached hydrogen (secondary N) is 3. The van der Waals surface area contributed by atoms with Gasteiger partial charge in [0.05, 0.1) is 0 Å². The van der Waals surface area contributed by atoms with Gasteiger partial charge in [0, 0.05) is 13.0 Å². The van der Waals surface area contributed by atoms with Crippen LogP contribution in [0.3, 0.4) is 0 Å². The van der Waals surface area contributed by atoms with E-state index in [2.05, 4.69) is 29.5 Å². The van der Waals surface area contributed by atoms with Crippen molar-refractivity contribution in [3.63, 3.8) is 0 Å². The number of nitrogens with zero attached hydrogens (tertiary/aromatic N) is 1. The molecule has 1 unspecified atom stereocenters. The fourth-order valence-electron chi connectivity index (χ4n) is 0.940. The van der Waals surface area contributed by atoms with Crippen LogP contribution in [0.25, 0.3) is 0 Å². The van der Waals surface area contributed by atoms with Crippen molar-refractivity contribution < 1.29 is 0 Å². The van der Waals surface area contributed by atoms with Crippen molar-refractivity contribution in [1.82, 2.24) is 10.9 Å². The topological polar surface area (TPSA) is 60.3 Å². The molecule has 0 heterocycles. The van der Waals surface area contributed by atoms with Crippen molar-refractivity contribution in [2.75, 3.05) is 13.6 Å². The Hall–Kier alpha value is -0.740. The zero-order valence-corrected chi connectivity index (χ0v) is 7.85. The highest BCUT2D eigenvalue weighted by atomic mass is 15.3. The first kappa shape index (κ1) is 11.3. The van der Waals surface area contributed by atoms with Gasteiger partial charge in [0.25, 0.3) is 0 Å². The molecule has 0 saturated heterocycles. The average Bonchev–Trinajstić information content (AvgIpc) is 2.05. The zero-order chi connectivity index (χ0) is 9.40. The first-order valence-electron chi connectivity index (χ1n) is 4.14. The van der Waals surface area contributed by atoms with Crippen molar-refractivity contribution in [3.8, 4) is 0 Å². The van der Waals surface area contributed by atoms with Crippen molar-refractivity contribution in [1.29, 1.82) is 5.41 Å². The molecular weight excluding hydrogens is 152 g/mol. The van der Waals surface area contributed by atoms with E-state index in [1.807, 2.05) is 7.05 Å². The van der Waals surface area contributed by atoms with E-state index in [1.54, 1.807) is 0 Å². The van der Waals surface area contributed by atoms with Gasteiger partial charge in [-0.25, -0.2) is 4.99 Å². The molecule has 0 spiro atoms. The zero-order valence-electron chi connectivity index (χ0n) is 7.85. The van der Waals surface area contributed by atoms with Crippen LogP contribution in [0.2, 0.25) is 0 Å². The molecule has 4 heteroatoms. The maximum atomic E-state index is 7.28. The van der Waals surface area contributed by atoms with Gasteiger partial charge in [0.1, 0.15) is 5.84 Å². The molecule has 3 N–H and O–H groups in total. The maximum Gasteiger partial charge on any atom is 0.119 e. The molecule has 0 bridgehead atoms.